The van der Waals surface area contributed by atoms with Gasteiger partial charge in [-0.25, -0.2) is 4.79 Å². The summed E-state index contributed by atoms with van der Waals surface area (Å²) in [4.78, 5) is 21.1. The number of aryl methyl sites for hydroxylation is 2. The summed E-state index contributed by atoms with van der Waals surface area (Å²) in [5.74, 6) is 0.380. The first-order chi connectivity index (χ1) is 8.97. The van der Waals surface area contributed by atoms with Gasteiger partial charge in [-0.2, -0.15) is 16.9 Å². The van der Waals surface area contributed by atoms with E-state index < -0.39 is 12.0 Å². The Kier molecular flexibility index (Phi) is 6.36. The molecule has 0 fully saturated rings. The number of rotatable bonds is 8. The number of thioether (sulfide) groups is 1. The molecule has 0 aliphatic rings. The Morgan fingerprint density at radius 3 is 2.84 bits per heavy atom. The number of aromatic nitrogens is 2. The fraction of sp³-hybridized carbons (Fsp3) is 0.545. The first-order valence-electron chi connectivity index (χ1n) is 5.65. The molecule has 1 atom stereocenters. The molecule has 6 nitrogen and oxygen atoms in total. The summed E-state index contributed by atoms with van der Waals surface area (Å²) in [6.45, 7) is 1.92. The fourth-order valence-electron chi connectivity index (χ4n) is 1.57. The Bertz CT molecular complexity index is 464. The summed E-state index contributed by atoms with van der Waals surface area (Å²) in [7, 11) is 1.88. The summed E-state index contributed by atoms with van der Waals surface area (Å²) >= 11 is 5.09. The molecule has 0 saturated heterocycles. The minimum Gasteiger partial charge on any atom is -0.480 e. The molecule has 0 aliphatic carbocycles. The average molecular weight is 350 g/mol. The van der Waals surface area contributed by atoms with Gasteiger partial charge in [-0.15, -0.1) is 0 Å². The van der Waals surface area contributed by atoms with Crippen molar-refractivity contribution in [3.63, 3.8) is 0 Å². The summed E-state index contributed by atoms with van der Waals surface area (Å²) < 4.78 is 2.80. The van der Waals surface area contributed by atoms with Gasteiger partial charge in [0.2, 0.25) is 6.41 Å². The van der Waals surface area contributed by atoms with Crippen LogP contribution in [0.4, 0.5) is 0 Å². The van der Waals surface area contributed by atoms with Gasteiger partial charge in [0.1, 0.15) is 6.04 Å². The smallest absolute Gasteiger partial charge is 0.326 e. The first kappa shape index (κ1) is 16.0. The second-order valence-electron chi connectivity index (χ2n) is 3.99. The van der Waals surface area contributed by atoms with Crippen LogP contribution in [0.3, 0.4) is 0 Å². The standard InChI is InChI=1S/C11H16BrN3O3S/c1-7-10(12)9(15(2)14-7)5-19-4-3-8(11(17)18)13-6-16/h6,8H,3-5H2,1-2H3,(H,13,16)(H,17,18). The zero-order valence-electron chi connectivity index (χ0n) is 10.7. The Labute approximate surface area is 124 Å². The fourth-order valence-corrected chi connectivity index (χ4v) is 3.30. The molecule has 1 amide bonds. The number of nitrogens with one attached hydrogen (secondary N) is 1. The van der Waals surface area contributed by atoms with Gasteiger partial charge in [0.05, 0.1) is 15.9 Å². The van der Waals surface area contributed by atoms with Crippen molar-refractivity contribution in [3.05, 3.63) is 15.9 Å². The molecule has 0 aromatic carbocycles. The van der Waals surface area contributed by atoms with Gasteiger partial charge in [0.15, 0.2) is 0 Å². The summed E-state index contributed by atoms with van der Waals surface area (Å²) in [6.07, 6.45) is 0.817. The number of carbonyl (C=O) groups excluding carboxylic acids is 1. The van der Waals surface area contributed by atoms with Crippen molar-refractivity contribution in [2.75, 3.05) is 5.75 Å². The Balaban J connectivity index is 2.42. The molecule has 1 aromatic rings. The molecule has 0 radical (unpaired) electrons. The number of carbonyl (C=O) groups is 2. The monoisotopic (exact) mass is 349 g/mol. The number of carboxylic acids is 1. The van der Waals surface area contributed by atoms with Gasteiger partial charge in [0, 0.05) is 12.8 Å². The van der Waals surface area contributed by atoms with E-state index in [9.17, 15) is 9.59 Å². The van der Waals surface area contributed by atoms with E-state index in [1.54, 1.807) is 11.8 Å². The zero-order valence-corrected chi connectivity index (χ0v) is 13.1. The molecular weight excluding hydrogens is 334 g/mol. The summed E-state index contributed by atoms with van der Waals surface area (Å²) in [5.41, 5.74) is 2.00. The van der Waals surface area contributed by atoms with Crippen molar-refractivity contribution in [3.8, 4) is 0 Å². The van der Waals surface area contributed by atoms with Crippen LogP contribution in [0.2, 0.25) is 0 Å². The van der Waals surface area contributed by atoms with Gasteiger partial charge in [-0.1, -0.05) is 0 Å². The minimum atomic E-state index is -1.01. The van der Waals surface area contributed by atoms with E-state index in [4.69, 9.17) is 5.11 Å². The SMILES string of the molecule is Cc1nn(C)c(CSCCC(NC=O)C(=O)O)c1Br. The second-order valence-corrected chi connectivity index (χ2v) is 5.88. The summed E-state index contributed by atoms with van der Waals surface area (Å²) in [6, 6.07) is -0.818. The van der Waals surface area contributed by atoms with Crippen LogP contribution in [0.25, 0.3) is 0 Å². The molecule has 0 aliphatic heterocycles. The Hall–Kier alpha value is -1.02. The van der Waals surface area contributed by atoms with E-state index in [-0.39, 0.29) is 0 Å². The topological polar surface area (TPSA) is 84.2 Å². The van der Waals surface area contributed by atoms with Crippen molar-refractivity contribution >= 4 is 40.1 Å². The molecule has 1 rings (SSSR count). The molecule has 19 heavy (non-hydrogen) atoms. The van der Waals surface area contributed by atoms with E-state index in [2.05, 4.69) is 26.3 Å². The highest BCUT2D eigenvalue weighted by Gasteiger charge is 2.16. The number of halogens is 1. The van der Waals surface area contributed by atoms with Gasteiger partial charge in [0.25, 0.3) is 0 Å². The van der Waals surface area contributed by atoms with Gasteiger partial charge >= 0.3 is 5.97 Å². The molecule has 0 bridgehead atoms. The second kappa shape index (κ2) is 7.54. The van der Waals surface area contributed by atoms with Crippen LogP contribution in [-0.4, -0.2) is 39.1 Å². The van der Waals surface area contributed by atoms with Crippen LogP contribution in [0.5, 0.6) is 0 Å². The third-order valence-electron chi connectivity index (χ3n) is 2.62. The van der Waals surface area contributed by atoms with E-state index in [0.29, 0.717) is 18.6 Å². The molecule has 1 unspecified atom stereocenters. The van der Waals surface area contributed by atoms with E-state index >= 15 is 0 Å². The van der Waals surface area contributed by atoms with Crippen LogP contribution in [0, 0.1) is 6.92 Å². The van der Waals surface area contributed by atoms with Crippen LogP contribution < -0.4 is 5.32 Å². The lowest BCUT2D eigenvalue weighted by molar-refractivity contribution is -0.140. The normalized spacial score (nSPS) is 12.2. The number of hydrogen-bond donors (Lipinski definition) is 2. The lowest BCUT2D eigenvalue weighted by Crippen LogP contribution is -2.36. The highest BCUT2D eigenvalue weighted by molar-refractivity contribution is 9.10. The van der Waals surface area contributed by atoms with Gasteiger partial charge in [-0.05, 0) is 35.0 Å². The third kappa shape index (κ3) is 4.54. The number of amides is 1. The third-order valence-corrected chi connectivity index (χ3v) is 4.65. The maximum Gasteiger partial charge on any atom is 0.326 e. The number of aliphatic carboxylic acids is 1. The summed E-state index contributed by atoms with van der Waals surface area (Å²) in [5, 5.41) is 15.4. The maximum absolute atomic E-state index is 10.8. The van der Waals surface area contributed by atoms with Crippen LogP contribution in [0.1, 0.15) is 17.8 Å². The Morgan fingerprint density at radius 2 is 2.37 bits per heavy atom. The zero-order chi connectivity index (χ0) is 14.4. The largest absolute Gasteiger partial charge is 0.480 e. The van der Waals surface area contributed by atoms with Crippen LogP contribution in [-0.2, 0) is 22.4 Å². The Morgan fingerprint density at radius 1 is 1.68 bits per heavy atom. The molecular formula is C11H16BrN3O3S. The van der Waals surface area contributed by atoms with Crippen LogP contribution >= 0.6 is 27.7 Å². The first-order valence-corrected chi connectivity index (χ1v) is 7.60. The van der Waals surface area contributed by atoms with Crippen molar-refractivity contribution in [2.24, 2.45) is 7.05 Å². The van der Waals surface area contributed by atoms with Crippen molar-refractivity contribution in [1.29, 1.82) is 0 Å². The predicted molar refractivity (Wildman–Crippen MR) is 77.0 cm³/mol. The van der Waals surface area contributed by atoms with Crippen molar-refractivity contribution < 1.29 is 14.7 Å². The molecule has 2 N–H and O–H groups in total. The maximum atomic E-state index is 10.8. The lowest BCUT2D eigenvalue weighted by Gasteiger charge is -2.10. The molecule has 8 heteroatoms. The van der Waals surface area contributed by atoms with Crippen molar-refractivity contribution in [1.82, 2.24) is 15.1 Å². The quantitative estimate of drug-likeness (QED) is 0.546. The van der Waals surface area contributed by atoms with E-state index in [1.807, 2.05) is 18.7 Å². The van der Waals surface area contributed by atoms with E-state index in [0.717, 1.165) is 21.6 Å². The number of carboxylic acid groups (broad SMARTS) is 1. The molecule has 1 heterocycles. The minimum absolute atomic E-state index is 0.396. The lowest BCUT2D eigenvalue weighted by atomic mass is 10.2. The van der Waals surface area contributed by atoms with Gasteiger partial charge < -0.3 is 10.4 Å². The highest BCUT2D eigenvalue weighted by atomic mass is 79.9. The van der Waals surface area contributed by atoms with Crippen molar-refractivity contribution in [2.45, 2.75) is 25.1 Å². The molecule has 0 spiro atoms. The number of hydrogen-bond acceptors (Lipinski definition) is 4. The van der Waals surface area contributed by atoms with Crippen LogP contribution in [0.15, 0.2) is 4.47 Å². The highest BCUT2D eigenvalue weighted by Crippen LogP contribution is 2.24. The average Bonchev–Trinajstić information content (AvgIpc) is 2.58. The van der Waals surface area contributed by atoms with Gasteiger partial charge in [-0.3, -0.25) is 9.48 Å². The number of nitrogens with zero attached hydrogens (tertiary/aromatic N) is 2. The molecule has 0 saturated carbocycles. The molecule has 1 aromatic heterocycles. The predicted octanol–water partition coefficient (Wildman–Crippen LogP) is 1.31. The van der Waals surface area contributed by atoms with E-state index in [1.165, 1.54) is 0 Å². The molecule has 106 valence electrons.